The number of hydrogen-bond donors (Lipinski definition) is 1. The van der Waals surface area contributed by atoms with E-state index in [-0.39, 0.29) is 23.1 Å². The fourth-order valence-electron chi connectivity index (χ4n) is 2.89. The number of amides is 2. The molecule has 1 atom stereocenters. The summed E-state index contributed by atoms with van der Waals surface area (Å²) >= 11 is 7.72. The molecule has 1 N–H and O–H groups in total. The number of aryl methyl sites for hydroxylation is 1. The number of hydrogen-bond acceptors (Lipinski definition) is 3. The van der Waals surface area contributed by atoms with Crippen molar-refractivity contribution in [2.24, 2.45) is 0 Å². The van der Waals surface area contributed by atoms with Gasteiger partial charge in [0, 0.05) is 22.9 Å². The number of nitrogens with one attached hydrogen (secondary N) is 1. The summed E-state index contributed by atoms with van der Waals surface area (Å²) in [5, 5.41) is 3.68. The van der Waals surface area contributed by atoms with E-state index < -0.39 is 6.04 Å². The molecule has 2 aromatic rings. The van der Waals surface area contributed by atoms with Gasteiger partial charge in [-0.05, 0) is 51.8 Å². The Morgan fingerprint density at radius 3 is 2.33 bits per heavy atom. The molecule has 2 aromatic carbocycles. The van der Waals surface area contributed by atoms with E-state index in [9.17, 15) is 9.59 Å². The molecule has 0 bridgehead atoms. The summed E-state index contributed by atoms with van der Waals surface area (Å²) < 4.78 is 0. The molecule has 6 heteroatoms. The Morgan fingerprint density at radius 1 is 1.10 bits per heavy atom. The zero-order chi connectivity index (χ0) is 22.3. The first-order chi connectivity index (χ1) is 14.1. The third-order valence-electron chi connectivity index (χ3n) is 4.58. The normalized spacial score (nSPS) is 12.3. The third-order valence-corrected chi connectivity index (χ3v) is 5.91. The number of halogens is 1. The van der Waals surface area contributed by atoms with Crippen molar-refractivity contribution in [2.75, 3.05) is 5.75 Å². The smallest absolute Gasteiger partial charge is 0.242 e. The van der Waals surface area contributed by atoms with Gasteiger partial charge in [-0.2, -0.15) is 0 Å². The van der Waals surface area contributed by atoms with Crippen molar-refractivity contribution in [1.29, 1.82) is 0 Å². The van der Waals surface area contributed by atoms with Gasteiger partial charge >= 0.3 is 0 Å². The highest BCUT2D eigenvalue weighted by Crippen LogP contribution is 2.22. The van der Waals surface area contributed by atoms with Crippen LogP contribution < -0.4 is 5.32 Å². The zero-order valence-electron chi connectivity index (χ0n) is 18.4. The van der Waals surface area contributed by atoms with Crippen molar-refractivity contribution in [3.05, 3.63) is 70.2 Å². The van der Waals surface area contributed by atoms with Gasteiger partial charge in [0.15, 0.2) is 0 Å². The minimum absolute atomic E-state index is 0.0656. The Balaban J connectivity index is 2.10. The Bertz CT molecular complexity index is 862. The molecule has 162 valence electrons. The maximum Gasteiger partial charge on any atom is 0.242 e. The van der Waals surface area contributed by atoms with Crippen LogP contribution in [0.25, 0.3) is 0 Å². The Hall–Kier alpha value is -1.98. The van der Waals surface area contributed by atoms with Gasteiger partial charge in [0.25, 0.3) is 0 Å². The van der Waals surface area contributed by atoms with Gasteiger partial charge in [0.1, 0.15) is 6.04 Å². The minimum Gasteiger partial charge on any atom is -0.350 e. The fraction of sp³-hybridized carbons (Fsp3) is 0.417. The van der Waals surface area contributed by atoms with Crippen LogP contribution in [-0.4, -0.2) is 34.0 Å². The Morgan fingerprint density at radius 2 is 1.73 bits per heavy atom. The molecule has 0 unspecified atom stereocenters. The molecule has 0 saturated carbocycles. The predicted molar refractivity (Wildman–Crippen MR) is 127 cm³/mol. The van der Waals surface area contributed by atoms with Crippen molar-refractivity contribution < 1.29 is 9.59 Å². The maximum atomic E-state index is 13.1. The summed E-state index contributed by atoms with van der Waals surface area (Å²) in [6.07, 6.45) is 0. The fourth-order valence-corrected chi connectivity index (χ4v) is 4.09. The van der Waals surface area contributed by atoms with Gasteiger partial charge in [-0.25, -0.2) is 0 Å². The summed E-state index contributed by atoms with van der Waals surface area (Å²) in [5.41, 5.74) is 2.80. The lowest BCUT2D eigenvalue weighted by Gasteiger charge is -2.31. The molecular formula is C24H31ClN2O2S. The molecule has 30 heavy (non-hydrogen) atoms. The number of benzene rings is 2. The van der Waals surface area contributed by atoms with Gasteiger partial charge in [0.2, 0.25) is 11.8 Å². The topological polar surface area (TPSA) is 49.4 Å². The summed E-state index contributed by atoms with van der Waals surface area (Å²) in [6, 6.07) is 15.1. The number of rotatable bonds is 8. The molecule has 0 aromatic heterocycles. The van der Waals surface area contributed by atoms with E-state index in [2.05, 4.69) is 5.32 Å². The second-order valence-electron chi connectivity index (χ2n) is 8.51. The molecule has 2 amide bonds. The van der Waals surface area contributed by atoms with E-state index in [0.717, 1.165) is 16.7 Å². The number of nitrogens with zero attached hydrogens (tertiary/aromatic N) is 1. The molecule has 2 rings (SSSR count). The average molecular weight is 447 g/mol. The van der Waals surface area contributed by atoms with Crippen molar-refractivity contribution in [3.63, 3.8) is 0 Å². The number of thioether (sulfide) groups is 1. The Kier molecular flexibility index (Phi) is 8.80. The molecule has 0 spiro atoms. The first kappa shape index (κ1) is 24.3. The van der Waals surface area contributed by atoms with E-state index in [1.165, 1.54) is 11.8 Å². The lowest BCUT2D eigenvalue weighted by atomic mass is 10.1. The molecular weight excluding hydrogens is 416 g/mol. The summed E-state index contributed by atoms with van der Waals surface area (Å²) in [7, 11) is 0. The van der Waals surface area contributed by atoms with Crippen LogP contribution in [0.4, 0.5) is 0 Å². The molecule has 0 heterocycles. The first-order valence-corrected chi connectivity index (χ1v) is 11.6. The standard InChI is InChI=1S/C24H31ClN2O2S/c1-17-10-12-19(13-11-17)14-27(18(2)23(29)26-24(3,4)5)22(28)16-30-15-20-8-6-7-9-21(20)25/h6-13,18H,14-16H2,1-5H3,(H,26,29)/t18-/m0/s1. The maximum absolute atomic E-state index is 13.1. The molecule has 0 aliphatic rings. The lowest BCUT2D eigenvalue weighted by Crippen LogP contribution is -2.52. The summed E-state index contributed by atoms with van der Waals surface area (Å²) in [4.78, 5) is 27.5. The highest BCUT2D eigenvalue weighted by molar-refractivity contribution is 7.99. The molecule has 4 nitrogen and oxygen atoms in total. The van der Waals surface area contributed by atoms with Crippen LogP contribution in [0.2, 0.25) is 5.02 Å². The average Bonchev–Trinajstić information content (AvgIpc) is 2.67. The Labute approximate surface area is 189 Å². The number of carbonyl (C=O) groups excluding carboxylic acids is 2. The molecule has 0 saturated heterocycles. The number of carbonyl (C=O) groups is 2. The second kappa shape index (κ2) is 10.9. The minimum atomic E-state index is -0.570. The molecule has 0 aliphatic heterocycles. The van der Waals surface area contributed by atoms with Gasteiger partial charge in [-0.1, -0.05) is 59.6 Å². The van der Waals surface area contributed by atoms with Crippen LogP contribution in [0.5, 0.6) is 0 Å². The SMILES string of the molecule is Cc1ccc(CN(C(=O)CSCc2ccccc2Cl)[C@@H](C)C(=O)NC(C)(C)C)cc1. The lowest BCUT2D eigenvalue weighted by molar-refractivity contribution is -0.139. The molecule has 0 fully saturated rings. The van der Waals surface area contributed by atoms with E-state index in [0.29, 0.717) is 17.3 Å². The van der Waals surface area contributed by atoms with Gasteiger partial charge in [-0.15, -0.1) is 11.8 Å². The summed E-state index contributed by atoms with van der Waals surface area (Å²) in [6.45, 7) is 10.0. The predicted octanol–water partition coefficient (Wildman–Crippen LogP) is 5.21. The highest BCUT2D eigenvalue weighted by atomic mass is 35.5. The van der Waals surface area contributed by atoms with Crippen molar-refractivity contribution in [1.82, 2.24) is 10.2 Å². The van der Waals surface area contributed by atoms with Crippen LogP contribution in [-0.2, 0) is 21.9 Å². The van der Waals surface area contributed by atoms with Crippen LogP contribution in [0.15, 0.2) is 48.5 Å². The highest BCUT2D eigenvalue weighted by Gasteiger charge is 2.28. The van der Waals surface area contributed by atoms with Crippen molar-refractivity contribution in [2.45, 2.75) is 58.5 Å². The first-order valence-electron chi connectivity index (χ1n) is 10.0. The van der Waals surface area contributed by atoms with Crippen LogP contribution >= 0.6 is 23.4 Å². The van der Waals surface area contributed by atoms with Crippen LogP contribution in [0.3, 0.4) is 0 Å². The molecule has 0 radical (unpaired) electrons. The van der Waals surface area contributed by atoms with E-state index >= 15 is 0 Å². The van der Waals surface area contributed by atoms with E-state index in [4.69, 9.17) is 11.6 Å². The van der Waals surface area contributed by atoms with Crippen LogP contribution in [0.1, 0.15) is 44.4 Å². The van der Waals surface area contributed by atoms with Crippen molar-refractivity contribution >= 4 is 35.2 Å². The van der Waals surface area contributed by atoms with Gasteiger partial charge in [0.05, 0.1) is 5.75 Å². The van der Waals surface area contributed by atoms with Crippen molar-refractivity contribution in [3.8, 4) is 0 Å². The largest absolute Gasteiger partial charge is 0.350 e. The third kappa shape index (κ3) is 7.69. The van der Waals surface area contributed by atoms with E-state index in [1.54, 1.807) is 11.8 Å². The summed E-state index contributed by atoms with van der Waals surface area (Å²) in [5.74, 6) is 0.708. The molecule has 0 aliphatic carbocycles. The quantitative estimate of drug-likeness (QED) is 0.605. The second-order valence-corrected chi connectivity index (χ2v) is 9.90. The van der Waals surface area contributed by atoms with Gasteiger partial charge in [-0.3, -0.25) is 9.59 Å². The monoisotopic (exact) mass is 446 g/mol. The zero-order valence-corrected chi connectivity index (χ0v) is 19.9. The van der Waals surface area contributed by atoms with Crippen LogP contribution in [0, 0.1) is 6.92 Å². The van der Waals surface area contributed by atoms with Gasteiger partial charge < -0.3 is 10.2 Å². The van der Waals surface area contributed by atoms with E-state index in [1.807, 2.05) is 76.2 Å².